The largest absolute Gasteiger partial charge is 0.493 e. The molecule has 6 nitrogen and oxygen atoms in total. The van der Waals surface area contributed by atoms with Gasteiger partial charge in [-0.25, -0.2) is 0 Å². The average molecular weight is 495 g/mol. The maximum Gasteiger partial charge on any atom is 0.291 e. The summed E-state index contributed by atoms with van der Waals surface area (Å²) in [5, 5.41) is 4.16. The van der Waals surface area contributed by atoms with E-state index in [1.165, 1.54) is 48.0 Å². The molecule has 1 atom stereocenters. The first kappa shape index (κ1) is 23.9. The van der Waals surface area contributed by atoms with E-state index >= 15 is 0 Å². The number of aryl methyl sites for hydroxylation is 1. The number of thiophene rings is 1. The van der Waals surface area contributed by atoms with Gasteiger partial charge in [0.05, 0.1) is 26.5 Å². The Labute approximate surface area is 211 Å². The number of piperidine rings is 1. The lowest BCUT2D eigenvalue weighted by molar-refractivity contribution is 0.0996. The zero-order chi connectivity index (χ0) is 24.4. The lowest BCUT2D eigenvalue weighted by atomic mass is 9.87. The fourth-order valence-electron chi connectivity index (χ4n) is 5.41. The molecule has 1 fully saturated rings. The van der Waals surface area contributed by atoms with Gasteiger partial charge in [-0.3, -0.25) is 9.69 Å². The first-order valence-electron chi connectivity index (χ1n) is 12.5. The molecular weight excluding hydrogens is 460 g/mol. The molecule has 0 radical (unpaired) electrons. The molecule has 186 valence electrons. The van der Waals surface area contributed by atoms with Crippen LogP contribution in [-0.2, 0) is 12.8 Å². The van der Waals surface area contributed by atoms with E-state index in [4.69, 9.17) is 13.9 Å². The van der Waals surface area contributed by atoms with Crippen molar-refractivity contribution in [2.75, 3.05) is 32.6 Å². The van der Waals surface area contributed by atoms with Crippen LogP contribution in [0.1, 0.15) is 70.8 Å². The number of anilines is 1. The molecule has 2 aromatic heterocycles. The normalized spacial score (nSPS) is 17.6. The van der Waals surface area contributed by atoms with Crippen molar-refractivity contribution in [3.05, 3.63) is 63.9 Å². The van der Waals surface area contributed by atoms with Crippen molar-refractivity contribution in [3.63, 3.8) is 0 Å². The van der Waals surface area contributed by atoms with Crippen molar-refractivity contribution in [1.82, 2.24) is 4.90 Å². The highest BCUT2D eigenvalue weighted by atomic mass is 32.1. The van der Waals surface area contributed by atoms with Gasteiger partial charge in [-0.05, 0) is 92.9 Å². The zero-order valence-electron chi connectivity index (χ0n) is 20.8. The van der Waals surface area contributed by atoms with Crippen LogP contribution in [-0.4, -0.2) is 38.1 Å². The molecular formula is C28H34N2O4S. The highest BCUT2D eigenvalue weighted by Gasteiger charge is 2.34. The monoisotopic (exact) mass is 494 g/mol. The maximum absolute atomic E-state index is 13.1. The number of ether oxygens (including phenoxy) is 2. The van der Waals surface area contributed by atoms with Crippen molar-refractivity contribution >= 4 is 22.2 Å². The Balaban J connectivity index is 1.62. The third-order valence-corrected chi connectivity index (χ3v) is 8.59. The molecule has 0 unspecified atom stereocenters. The second kappa shape index (κ2) is 10.5. The Morgan fingerprint density at radius 1 is 1.11 bits per heavy atom. The van der Waals surface area contributed by atoms with Gasteiger partial charge in [0.2, 0.25) is 0 Å². The second-order valence-electron chi connectivity index (χ2n) is 9.62. The standard InChI is InChI=1S/C28H34N2O4S/c1-18-12-14-30(15-13-18)26(19-10-11-21(32-2)23(17-19)33-3)25-20-7-4-5-9-24(20)35-28(25)29-27(31)22-8-6-16-34-22/h6,8,10-11,16-18,26H,4-5,7,9,12-15H2,1-3H3,(H,29,31)/t26-/m0/s1. The molecule has 7 heteroatoms. The SMILES string of the molecule is COc1ccc([C@@H](c2c(NC(=O)c3ccco3)sc3c2CCCC3)N2CCC(C)CC2)cc1OC. The number of rotatable bonds is 7. The summed E-state index contributed by atoms with van der Waals surface area (Å²) in [5.41, 5.74) is 3.82. The van der Waals surface area contributed by atoms with E-state index in [1.807, 2.05) is 6.07 Å². The summed E-state index contributed by atoms with van der Waals surface area (Å²) in [4.78, 5) is 17.0. The van der Waals surface area contributed by atoms with Crippen LogP contribution in [0.25, 0.3) is 0 Å². The van der Waals surface area contributed by atoms with E-state index in [9.17, 15) is 4.79 Å². The summed E-state index contributed by atoms with van der Waals surface area (Å²) >= 11 is 1.74. The summed E-state index contributed by atoms with van der Waals surface area (Å²) in [5.74, 6) is 2.31. The lowest BCUT2D eigenvalue weighted by Crippen LogP contribution is -2.37. The Morgan fingerprint density at radius 2 is 1.89 bits per heavy atom. The zero-order valence-corrected chi connectivity index (χ0v) is 21.6. The van der Waals surface area contributed by atoms with Crippen LogP contribution in [0.15, 0.2) is 41.0 Å². The molecule has 1 N–H and O–H groups in total. The molecule has 0 spiro atoms. The molecule has 1 aliphatic carbocycles. The number of benzene rings is 1. The molecule has 3 heterocycles. The molecule has 1 aliphatic heterocycles. The van der Waals surface area contributed by atoms with Crippen molar-refractivity contribution in [3.8, 4) is 11.5 Å². The fourth-order valence-corrected chi connectivity index (χ4v) is 6.73. The average Bonchev–Trinajstić information content (AvgIpc) is 3.54. The van der Waals surface area contributed by atoms with Gasteiger partial charge in [0.15, 0.2) is 17.3 Å². The van der Waals surface area contributed by atoms with Crippen LogP contribution >= 0.6 is 11.3 Å². The van der Waals surface area contributed by atoms with Gasteiger partial charge in [0.25, 0.3) is 5.91 Å². The van der Waals surface area contributed by atoms with Crippen LogP contribution in [0.2, 0.25) is 0 Å². The Kier molecular flexibility index (Phi) is 7.16. The lowest BCUT2D eigenvalue weighted by Gasteiger charge is -2.38. The Bertz CT molecular complexity index is 1160. The van der Waals surface area contributed by atoms with E-state index in [1.54, 1.807) is 37.7 Å². The molecule has 1 aromatic carbocycles. The quantitative estimate of drug-likeness (QED) is 0.417. The number of hydrogen-bond acceptors (Lipinski definition) is 6. The summed E-state index contributed by atoms with van der Waals surface area (Å²) < 4.78 is 16.6. The van der Waals surface area contributed by atoms with Crippen molar-refractivity contribution in [2.24, 2.45) is 5.92 Å². The molecule has 5 rings (SSSR count). The number of carbonyl (C=O) groups excluding carboxylic acids is 1. The van der Waals surface area contributed by atoms with Gasteiger partial charge >= 0.3 is 0 Å². The summed E-state index contributed by atoms with van der Waals surface area (Å²) in [6, 6.07) is 9.74. The first-order valence-corrected chi connectivity index (χ1v) is 13.4. The second-order valence-corrected chi connectivity index (χ2v) is 10.7. The molecule has 1 amide bonds. The van der Waals surface area contributed by atoms with Crippen molar-refractivity contribution in [1.29, 1.82) is 0 Å². The van der Waals surface area contributed by atoms with E-state index in [-0.39, 0.29) is 11.9 Å². The smallest absolute Gasteiger partial charge is 0.291 e. The molecule has 35 heavy (non-hydrogen) atoms. The van der Waals surface area contributed by atoms with Crippen molar-refractivity contribution in [2.45, 2.75) is 51.5 Å². The van der Waals surface area contributed by atoms with Gasteiger partial charge < -0.3 is 19.2 Å². The number of carbonyl (C=O) groups is 1. The Hall–Kier alpha value is -2.77. The summed E-state index contributed by atoms with van der Waals surface area (Å²) in [6.07, 6.45) is 8.37. The third kappa shape index (κ3) is 4.84. The number of nitrogens with zero attached hydrogens (tertiary/aromatic N) is 1. The summed E-state index contributed by atoms with van der Waals surface area (Å²) in [6.45, 7) is 4.39. The number of hydrogen-bond donors (Lipinski definition) is 1. The molecule has 0 bridgehead atoms. The molecule has 1 saturated heterocycles. The van der Waals surface area contributed by atoms with E-state index in [0.717, 1.165) is 53.9 Å². The molecule has 2 aliphatic rings. The predicted molar refractivity (Wildman–Crippen MR) is 139 cm³/mol. The Morgan fingerprint density at radius 3 is 2.60 bits per heavy atom. The van der Waals surface area contributed by atoms with Crippen LogP contribution in [0.3, 0.4) is 0 Å². The number of amides is 1. The van der Waals surface area contributed by atoms with Crippen LogP contribution in [0, 0.1) is 5.92 Å². The number of likely N-dealkylation sites (tertiary alicyclic amines) is 1. The van der Waals surface area contributed by atoms with Gasteiger partial charge in [0, 0.05) is 10.4 Å². The summed E-state index contributed by atoms with van der Waals surface area (Å²) in [7, 11) is 3.35. The maximum atomic E-state index is 13.1. The van der Waals surface area contributed by atoms with Gasteiger partial charge in [-0.2, -0.15) is 0 Å². The van der Waals surface area contributed by atoms with Gasteiger partial charge in [-0.1, -0.05) is 13.0 Å². The molecule has 0 saturated carbocycles. The minimum absolute atomic E-state index is 0.0345. The number of fused-ring (bicyclic) bond motifs is 1. The van der Waals surface area contributed by atoms with Crippen LogP contribution in [0.5, 0.6) is 11.5 Å². The van der Waals surface area contributed by atoms with Gasteiger partial charge in [0.1, 0.15) is 5.00 Å². The highest BCUT2D eigenvalue weighted by molar-refractivity contribution is 7.16. The number of furan rings is 1. The van der Waals surface area contributed by atoms with Crippen LogP contribution in [0.4, 0.5) is 5.00 Å². The predicted octanol–water partition coefficient (Wildman–Crippen LogP) is 6.31. The first-order chi connectivity index (χ1) is 17.1. The van der Waals surface area contributed by atoms with Crippen molar-refractivity contribution < 1.29 is 18.7 Å². The van der Waals surface area contributed by atoms with E-state index in [2.05, 4.69) is 29.3 Å². The fraction of sp³-hybridized carbons (Fsp3) is 0.464. The highest BCUT2D eigenvalue weighted by Crippen LogP contribution is 2.47. The van der Waals surface area contributed by atoms with E-state index in [0.29, 0.717) is 5.76 Å². The minimum Gasteiger partial charge on any atom is -0.493 e. The minimum atomic E-state index is -0.201. The van der Waals surface area contributed by atoms with Gasteiger partial charge in [-0.15, -0.1) is 11.3 Å². The topological polar surface area (TPSA) is 63.9 Å². The molecule has 3 aromatic rings. The van der Waals surface area contributed by atoms with Crippen LogP contribution < -0.4 is 14.8 Å². The van der Waals surface area contributed by atoms with E-state index < -0.39 is 0 Å². The number of nitrogens with one attached hydrogen (secondary N) is 1. The third-order valence-electron chi connectivity index (χ3n) is 7.36. The number of methoxy groups -OCH3 is 2.